The van der Waals surface area contributed by atoms with Crippen LogP contribution in [0.1, 0.15) is 13.8 Å². The van der Waals surface area contributed by atoms with Crippen molar-refractivity contribution in [3.05, 3.63) is 17.0 Å². The standard InChI is InChI=1S/C10H13BrN4O/c1-10(2)9(16)13-3-4-15(10)8-7(11)5-12-6-14-8/h5-6H,3-4H2,1-2H3,(H,13,16). The van der Waals surface area contributed by atoms with Crippen LogP contribution in [0.15, 0.2) is 17.0 Å². The first kappa shape index (κ1) is 11.3. The molecular weight excluding hydrogens is 272 g/mol. The van der Waals surface area contributed by atoms with Crippen molar-refractivity contribution in [2.45, 2.75) is 19.4 Å². The van der Waals surface area contributed by atoms with Crippen molar-refractivity contribution >= 4 is 27.7 Å². The highest BCUT2D eigenvalue weighted by atomic mass is 79.9. The van der Waals surface area contributed by atoms with E-state index in [1.54, 1.807) is 6.20 Å². The fourth-order valence-electron chi connectivity index (χ4n) is 1.78. The van der Waals surface area contributed by atoms with Crippen molar-refractivity contribution in [3.63, 3.8) is 0 Å². The molecule has 16 heavy (non-hydrogen) atoms. The average Bonchev–Trinajstić information content (AvgIpc) is 2.24. The molecule has 1 aromatic rings. The number of aromatic nitrogens is 2. The Balaban J connectivity index is 2.40. The van der Waals surface area contributed by atoms with Crippen molar-refractivity contribution in [1.29, 1.82) is 0 Å². The topological polar surface area (TPSA) is 58.1 Å². The van der Waals surface area contributed by atoms with Gasteiger partial charge in [-0.15, -0.1) is 0 Å². The summed E-state index contributed by atoms with van der Waals surface area (Å²) in [6.45, 7) is 5.15. The Hall–Kier alpha value is -1.17. The van der Waals surface area contributed by atoms with Crippen LogP contribution >= 0.6 is 15.9 Å². The predicted octanol–water partition coefficient (Wildman–Crippen LogP) is 0.954. The summed E-state index contributed by atoms with van der Waals surface area (Å²) >= 11 is 3.41. The highest BCUT2D eigenvalue weighted by molar-refractivity contribution is 9.10. The number of halogens is 1. The summed E-state index contributed by atoms with van der Waals surface area (Å²) in [5.41, 5.74) is -0.588. The molecule has 1 N–H and O–H groups in total. The molecule has 0 aliphatic carbocycles. The summed E-state index contributed by atoms with van der Waals surface area (Å²) in [5.74, 6) is 0.777. The second-order valence-electron chi connectivity index (χ2n) is 4.16. The quantitative estimate of drug-likeness (QED) is 0.834. The molecule has 2 rings (SSSR count). The van der Waals surface area contributed by atoms with Gasteiger partial charge in [0.05, 0.1) is 4.47 Å². The maximum atomic E-state index is 11.8. The van der Waals surface area contributed by atoms with Gasteiger partial charge in [-0.3, -0.25) is 4.79 Å². The summed E-state index contributed by atoms with van der Waals surface area (Å²) in [4.78, 5) is 21.9. The average molecular weight is 285 g/mol. The van der Waals surface area contributed by atoms with E-state index in [0.29, 0.717) is 6.54 Å². The minimum atomic E-state index is -0.588. The lowest BCUT2D eigenvalue weighted by molar-refractivity contribution is -0.126. The van der Waals surface area contributed by atoms with Crippen molar-refractivity contribution in [2.24, 2.45) is 0 Å². The van der Waals surface area contributed by atoms with Crippen LogP contribution in [-0.4, -0.2) is 34.5 Å². The van der Waals surface area contributed by atoms with E-state index >= 15 is 0 Å². The van der Waals surface area contributed by atoms with E-state index in [4.69, 9.17) is 0 Å². The van der Waals surface area contributed by atoms with Crippen LogP contribution in [-0.2, 0) is 4.79 Å². The monoisotopic (exact) mass is 284 g/mol. The molecule has 86 valence electrons. The van der Waals surface area contributed by atoms with Crippen LogP contribution in [0.2, 0.25) is 0 Å². The van der Waals surface area contributed by atoms with E-state index < -0.39 is 5.54 Å². The molecule has 0 saturated carbocycles. The molecule has 0 unspecified atom stereocenters. The zero-order valence-electron chi connectivity index (χ0n) is 9.20. The van der Waals surface area contributed by atoms with E-state index in [-0.39, 0.29) is 5.91 Å². The number of amides is 1. The second-order valence-corrected chi connectivity index (χ2v) is 5.02. The Morgan fingerprint density at radius 1 is 1.56 bits per heavy atom. The third-order valence-corrected chi connectivity index (χ3v) is 3.31. The minimum absolute atomic E-state index is 0.0178. The van der Waals surface area contributed by atoms with Crippen LogP contribution < -0.4 is 10.2 Å². The summed E-state index contributed by atoms with van der Waals surface area (Å²) in [5, 5.41) is 2.85. The largest absolute Gasteiger partial charge is 0.352 e. The van der Waals surface area contributed by atoms with E-state index in [1.165, 1.54) is 6.33 Å². The van der Waals surface area contributed by atoms with Crippen LogP contribution in [0.5, 0.6) is 0 Å². The number of piperazine rings is 1. The molecule has 0 aromatic carbocycles. The van der Waals surface area contributed by atoms with Gasteiger partial charge in [0.25, 0.3) is 0 Å². The summed E-state index contributed by atoms with van der Waals surface area (Å²) in [6.07, 6.45) is 3.17. The molecule has 6 heteroatoms. The van der Waals surface area contributed by atoms with E-state index in [0.717, 1.165) is 16.8 Å². The number of anilines is 1. The maximum absolute atomic E-state index is 11.8. The molecule has 1 aliphatic heterocycles. The van der Waals surface area contributed by atoms with Gasteiger partial charge < -0.3 is 10.2 Å². The van der Waals surface area contributed by atoms with Gasteiger partial charge in [0.1, 0.15) is 17.7 Å². The molecule has 1 amide bonds. The molecule has 1 fully saturated rings. The van der Waals surface area contributed by atoms with E-state index in [2.05, 4.69) is 31.2 Å². The first-order chi connectivity index (χ1) is 7.53. The normalized spacial score (nSPS) is 19.4. The van der Waals surface area contributed by atoms with Crippen molar-refractivity contribution in [1.82, 2.24) is 15.3 Å². The summed E-state index contributed by atoms with van der Waals surface area (Å²) in [7, 11) is 0. The van der Waals surface area contributed by atoms with Crippen molar-refractivity contribution in [3.8, 4) is 0 Å². The molecule has 0 atom stereocenters. The molecule has 0 bridgehead atoms. The molecule has 0 radical (unpaired) electrons. The Bertz CT molecular complexity index is 421. The zero-order chi connectivity index (χ0) is 11.8. The van der Waals surface area contributed by atoms with Gasteiger partial charge >= 0.3 is 0 Å². The van der Waals surface area contributed by atoms with Gasteiger partial charge in [-0.25, -0.2) is 9.97 Å². The first-order valence-electron chi connectivity index (χ1n) is 5.05. The van der Waals surface area contributed by atoms with Crippen molar-refractivity contribution < 1.29 is 4.79 Å². The second kappa shape index (κ2) is 4.01. The van der Waals surface area contributed by atoms with Gasteiger partial charge in [0.2, 0.25) is 5.91 Å². The number of hydrogen-bond acceptors (Lipinski definition) is 4. The molecule has 1 aliphatic rings. The van der Waals surface area contributed by atoms with E-state index in [9.17, 15) is 4.79 Å². The van der Waals surface area contributed by atoms with Gasteiger partial charge in [0.15, 0.2) is 0 Å². The Kier molecular flexibility index (Phi) is 2.84. The Morgan fingerprint density at radius 2 is 2.31 bits per heavy atom. The highest BCUT2D eigenvalue weighted by Crippen LogP contribution is 2.29. The number of rotatable bonds is 1. The summed E-state index contributed by atoms with van der Waals surface area (Å²) < 4.78 is 0.803. The van der Waals surface area contributed by atoms with Gasteiger partial charge in [-0.2, -0.15) is 0 Å². The third-order valence-electron chi connectivity index (χ3n) is 2.76. The minimum Gasteiger partial charge on any atom is -0.352 e. The zero-order valence-corrected chi connectivity index (χ0v) is 10.8. The lowest BCUT2D eigenvalue weighted by Crippen LogP contribution is -2.62. The number of nitrogens with zero attached hydrogens (tertiary/aromatic N) is 3. The Labute approximate surface area is 102 Å². The Morgan fingerprint density at radius 3 is 3.00 bits per heavy atom. The predicted molar refractivity (Wildman–Crippen MR) is 64.2 cm³/mol. The number of carbonyl (C=O) groups excluding carboxylic acids is 1. The highest BCUT2D eigenvalue weighted by Gasteiger charge is 2.39. The molecular formula is C10H13BrN4O. The smallest absolute Gasteiger partial charge is 0.245 e. The number of carbonyl (C=O) groups is 1. The molecule has 5 nitrogen and oxygen atoms in total. The molecule has 2 heterocycles. The van der Waals surface area contributed by atoms with Crippen LogP contribution in [0, 0.1) is 0 Å². The summed E-state index contributed by atoms with van der Waals surface area (Å²) in [6, 6.07) is 0. The maximum Gasteiger partial charge on any atom is 0.245 e. The van der Waals surface area contributed by atoms with Crippen LogP contribution in [0.3, 0.4) is 0 Å². The first-order valence-corrected chi connectivity index (χ1v) is 5.84. The van der Waals surface area contributed by atoms with Gasteiger partial charge in [-0.05, 0) is 29.8 Å². The number of nitrogens with one attached hydrogen (secondary N) is 1. The SMILES string of the molecule is CC1(C)C(=O)NCCN1c1ncncc1Br. The molecule has 0 spiro atoms. The van der Waals surface area contributed by atoms with Gasteiger partial charge in [0, 0.05) is 19.3 Å². The fraction of sp³-hybridized carbons (Fsp3) is 0.500. The van der Waals surface area contributed by atoms with Crippen LogP contribution in [0.4, 0.5) is 5.82 Å². The third kappa shape index (κ3) is 1.77. The fourth-order valence-corrected chi connectivity index (χ4v) is 2.21. The van der Waals surface area contributed by atoms with Crippen molar-refractivity contribution in [2.75, 3.05) is 18.0 Å². The van der Waals surface area contributed by atoms with Crippen LogP contribution in [0.25, 0.3) is 0 Å². The van der Waals surface area contributed by atoms with Gasteiger partial charge in [-0.1, -0.05) is 0 Å². The lowest BCUT2D eigenvalue weighted by Gasteiger charge is -2.42. The molecule has 1 aromatic heterocycles. The molecule has 1 saturated heterocycles. The van der Waals surface area contributed by atoms with E-state index in [1.807, 2.05) is 18.7 Å². The lowest BCUT2D eigenvalue weighted by atomic mass is 9.99. The number of hydrogen-bond donors (Lipinski definition) is 1.